The van der Waals surface area contributed by atoms with E-state index in [1.807, 2.05) is 13.8 Å². The maximum Gasteiger partial charge on any atom is 0.169 e. The van der Waals surface area contributed by atoms with Crippen molar-refractivity contribution in [1.82, 2.24) is 0 Å². The molecule has 58 valence electrons. The summed E-state index contributed by atoms with van der Waals surface area (Å²) in [6.45, 7) is 9.16. The lowest BCUT2D eigenvalue weighted by Crippen LogP contribution is -2.25. The zero-order chi connectivity index (χ0) is 7.61. The fourth-order valence-electron chi connectivity index (χ4n) is 1.21. The van der Waals surface area contributed by atoms with Gasteiger partial charge in [-0.3, -0.25) is 0 Å². The van der Waals surface area contributed by atoms with Crippen molar-refractivity contribution in [1.29, 1.82) is 0 Å². The van der Waals surface area contributed by atoms with Crippen molar-refractivity contribution in [2.45, 2.75) is 26.1 Å². The van der Waals surface area contributed by atoms with Crippen LogP contribution in [0.5, 0.6) is 0 Å². The van der Waals surface area contributed by atoms with Gasteiger partial charge in [0.05, 0.1) is 13.2 Å². The predicted molar refractivity (Wildman–Crippen MR) is 39.7 cm³/mol. The van der Waals surface area contributed by atoms with Gasteiger partial charge in [-0.2, -0.15) is 0 Å². The Bertz CT molecular complexity index is 134. The molecule has 0 spiro atoms. The van der Waals surface area contributed by atoms with Gasteiger partial charge in [-0.15, -0.1) is 0 Å². The van der Waals surface area contributed by atoms with E-state index in [1.165, 1.54) is 0 Å². The third-order valence-electron chi connectivity index (χ3n) is 1.52. The van der Waals surface area contributed by atoms with E-state index in [1.54, 1.807) is 0 Å². The highest BCUT2D eigenvalue weighted by atomic mass is 16.7. The summed E-state index contributed by atoms with van der Waals surface area (Å²) in [4.78, 5) is 0. The first-order valence-electron chi connectivity index (χ1n) is 3.55. The van der Waals surface area contributed by atoms with Crippen molar-refractivity contribution in [2.24, 2.45) is 0 Å². The number of hydrogen-bond donors (Lipinski definition) is 0. The van der Waals surface area contributed by atoms with Crippen molar-refractivity contribution in [3.05, 3.63) is 12.2 Å². The largest absolute Gasteiger partial charge is 0.347 e. The highest BCUT2D eigenvalue weighted by molar-refractivity contribution is 4.93. The Morgan fingerprint density at radius 1 is 1.50 bits per heavy atom. The Kier molecular flexibility index (Phi) is 2.11. The molecule has 1 saturated heterocycles. The minimum atomic E-state index is -0.383. The third kappa shape index (κ3) is 1.82. The molecule has 0 aromatic heterocycles. The van der Waals surface area contributed by atoms with Gasteiger partial charge in [-0.05, 0) is 13.8 Å². The summed E-state index contributed by atoms with van der Waals surface area (Å²) in [5.74, 6) is -0.383. The molecule has 0 atom stereocenters. The van der Waals surface area contributed by atoms with Crippen LogP contribution in [0.3, 0.4) is 0 Å². The van der Waals surface area contributed by atoms with Gasteiger partial charge in [0.15, 0.2) is 5.79 Å². The lowest BCUT2D eigenvalue weighted by atomic mass is 10.1. The Hall–Kier alpha value is -0.340. The van der Waals surface area contributed by atoms with Crippen molar-refractivity contribution >= 4 is 0 Å². The van der Waals surface area contributed by atoms with Crippen LogP contribution in [-0.2, 0) is 9.47 Å². The minimum absolute atomic E-state index is 0.383. The summed E-state index contributed by atoms with van der Waals surface area (Å²) in [5, 5.41) is 0. The fourth-order valence-corrected chi connectivity index (χ4v) is 1.21. The Labute approximate surface area is 61.8 Å². The van der Waals surface area contributed by atoms with Crippen molar-refractivity contribution in [3.8, 4) is 0 Å². The molecule has 1 rings (SSSR count). The second-order valence-electron chi connectivity index (χ2n) is 2.96. The molecule has 1 heterocycles. The lowest BCUT2D eigenvalue weighted by Gasteiger charge is -2.21. The van der Waals surface area contributed by atoms with Gasteiger partial charge in [0.2, 0.25) is 0 Å². The molecule has 0 bridgehead atoms. The molecule has 0 aromatic rings. The van der Waals surface area contributed by atoms with E-state index in [0.29, 0.717) is 13.2 Å². The maximum absolute atomic E-state index is 5.37. The summed E-state index contributed by atoms with van der Waals surface area (Å²) in [6, 6.07) is 0. The molecule has 1 aliphatic heterocycles. The molecule has 1 aliphatic rings. The van der Waals surface area contributed by atoms with Crippen LogP contribution in [0.2, 0.25) is 0 Å². The van der Waals surface area contributed by atoms with Gasteiger partial charge in [0, 0.05) is 6.42 Å². The number of ether oxygens (including phenoxy) is 2. The molecule has 0 aromatic carbocycles. The van der Waals surface area contributed by atoms with Crippen molar-refractivity contribution in [3.63, 3.8) is 0 Å². The Morgan fingerprint density at radius 2 is 2.00 bits per heavy atom. The van der Waals surface area contributed by atoms with Gasteiger partial charge < -0.3 is 9.47 Å². The second-order valence-corrected chi connectivity index (χ2v) is 2.96. The normalized spacial score (nSPS) is 23.0. The van der Waals surface area contributed by atoms with Crippen LogP contribution >= 0.6 is 0 Å². The molecule has 1 fully saturated rings. The van der Waals surface area contributed by atoms with E-state index < -0.39 is 0 Å². The van der Waals surface area contributed by atoms with E-state index in [9.17, 15) is 0 Å². The van der Waals surface area contributed by atoms with Gasteiger partial charge in [0.25, 0.3) is 0 Å². The quantitative estimate of drug-likeness (QED) is 0.546. The van der Waals surface area contributed by atoms with Crippen LogP contribution in [0.25, 0.3) is 0 Å². The SMILES string of the molecule is C=C(C)CC1(C)OCCO1. The third-order valence-corrected chi connectivity index (χ3v) is 1.52. The van der Waals surface area contributed by atoms with E-state index in [4.69, 9.17) is 9.47 Å². The lowest BCUT2D eigenvalue weighted by molar-refractivity contribution is -0.140. The monoisotopic (exact) mass is 142 g/mol. The first-order valence-corrected chi connectivity index (χ1v) is 3.55. The van der Waals surface area contributed by atoms with E-state index in [2.05, 4.69) is 6.58 Å². The van der Waals surface area contributed by atoms with Gasteiger partial charge in [0.1, 0.15) is 0 Å². The molecule has 10 heavy (non-hydrogen) atoms. The molecule has 0 aliphatic carbocycles. The predicted octanol–water partition coefficient (Wildman–Crippen LogP) is 1.72. The molecule has 0 amide bonds. The van der Waals surface area contributed by atoms with Crippen LogP contribution < -0.4 is 0 Å². The molecule has 0 unspecified atom stereocenters. The molecule has 0 radical (unpaired) electrons. The first kappa shape index (κ1) is 7.76. The molecule has 0 N–H and O–H groups in total. The molecule has 2 heteroatoms. The van der Waals surface area contributed by atoms with Gasteiger partial charge in [-0.1, -0.05) is 12.2 Å². The molecular weight excluding hydrogens is 128 g/mol. The summed E-state index contributed by atoms with van der Waals surface area (Å²) >= 11 is 0. The average molecular weight is 142 g/mol. The van der Waals surface area contributed by atoms with Crippen LogP contribution in [0, 0.1) is 0 Å². The van der Waals surface area contributed by atoms with E-state index in [-0.39, 0.29) is 5.79 Å². The van der Waals surface area contributed by atoms with E-state index >= 15 is 0 Å². The Morgan fingerprint density at radius 3 is 2.40 bits per heavy atom. The molecule has 2 nitrogen and oxygen atoms in total. The summed E-state index contributed by atoms with van der Waals surface area (Å²) in [7, 11) is 0. The zero-order valence-corrected chi connectivity index (χ0v) is 6.64. The van der Waals surface area contributed by atoms with Crippen LogP contribution in [-0.4, -0.2) is 19.0 Å². The first-order chi connectivity index (χ1) is 4.62. The van der Waals surface area contributed by atoms with Crippen molar-refractivity contribution in [2.75, 3.05) is 13.2 Å². The van der Waals surface area contributed by atoms with Crippen LogP contribution in [0.1, 0.15) is 20.3 Å². The highest BCUT2D eigenvalue weighted by Crippen LogP contribution is 2.25. The number of hydrogen-bond acceptors (Lipinski definition) is 2. The number of rotatable bonds is 2. The average Bonchev–Trinajstić information content (AvgIpc) is 2.12. The zero-order valence-electron chi connectivity index (χ0n) is 6.64. The molecule has 0 saturated carbocycles. The molecular formula is C8H14O2. The summed E-state index contributed by atoms with van der Waals surface area (Å²) in [6.07, 6.45) is 0.799. The minimum Gasteiger partial charge on any atom is -0.347 e. The van der Waals surface area contributed by atoms with Crippen LogP contribution in [0.15, 0.2) is 12.2 Å². The topological polar surface area (TPSA) is 18.5 Å². The van der Waals surface area contributed by atoms with E-state index in [0.717, 1.165) is 12.0 Å². The second kappa shape index (κ2) is 2.72. The standard InChI is InChI=1S/C8H14O2/c1-7(2)6-8(3)9-4-5-10-8/h1,4-6H2,2-3H3. The fraction of sp³-hybridized carbons (Fsp3) is 0.750. The van der Waals surface area contributed by atoms with Crippen LogP contribution in [0.4, 0.5) is 0 Å². The maximum atomic E-state index is 5.37. The summed E-state index contributed by atoms with van der Waals surface area (Å²) in [5.41, 5.74) is 1.10. The smallest absolute Gasteiger partial charge is 0.169 e. The Balaban J connectivity index is 2.43. The van der Waals surface area contributed by atoms with Gasteiger partial charge in [-0.25, -0.2) is 0 Å². The highest BCUT2D eigenvalue weighted by Gasteiger charge is 2.30. The summed E-state index contributed by atoms with van der Waals surface area (Å²) < 4.78 is 10.7. The van der Waals surface area contributed by atoms with Gasteiger partial charge >= 0.3 is 0 Å². The van der Waals surface area contributed by atoms with Crippen molar-refractivity contribution < 1.29 is 9.47 Å².